The molecule has 1 aromatic heterocycles. The quantitative estimate of drug-likeness (QED) is 0.741. The minimum Gasteiger partial charge on any atom is -0.465 e. The molecule has 0 radical (unpaired) electrons. The number of aromatic nitrogens is 1. The molecular weight excluding hydrogens is 374 g/mol. The predicted molar refractivity (Wildman–Crippen MR) is 108 cm³/mol. The van der Waals surface area contributed by atoms with Crippen molar-refractivity contribution >= 4 is 17.7 Å². The van der Waals surface area contributed by atoms with Crippen LogP contribution < -0.4 is 4.90 Å². The largest absolute Gasteiger partial charge is 0.465 e. The molecule has 2 aromatic rings. The third-order valence-electron chi connectivity index (χ3n) is 5.37. The molecule has 29 heavy (non-hydrogen) atoms. The Kier molecular flexibility index (Phi) is 6.53. The van der Waals surface area contributed by atoms with E-state index in [-0.39, 0.29) is 18.0 Å². The van der Waals surface area contributed by atoms with E-state index < -0.39 is 18.0 Å². The third-order valence-corrected chi connectivity index (χ3v) is 5.37. The number of anilines is 1. The fourth-order valence-electron chi connectivity index (χ4n) is 3.71. The normalized spacial score (nSPS) is 19.1. The lowest BCUT2D eigenvalue weighted by Gasteiger charge is -2.37. The van der Waals surface area contributed by atoms with Gasteiger partial charge in [0.15, 0.2) is 17.1 Å². The van der Waals surface area contributed by atoms with E-state index in [4.69, 9.17) is 9.26 Å². The maximum Gasteiger partial charge on any atom is 0.345 e. The number of carbonyl (C=O) groups excluding carboxylic acids is 2. The Labute approximate surface area is 170 Å². The number of hydrogen-bond acceptors (Lipinski definition) is 7. The van der Waals surface area contributed by atoms with Crippen molar-refractivity contribution in [2.24, 2.45) is 5.92 Å². The van der Waals surface area contributed by atoms with Crippen molar-refractivity contribution in [3.8, 4) is 11.3 Å². The zero-order chi connectivity index (χ0) is 21.0. The SMILES string of the molecule is CCN(CC)C(=O)[C@H]1CN(c2noc(-c3ccccc3)c2C(=O)OC)CC[C@H]1O. The first-order valence-corrected chi connectivity index (χ1v) is 9.86. The molecule has 1 fully saturated rings. The second kappa shape index (κ2) is 9.09. The number of ether oxygens (including phenoxy) is 1. The van der Waals surface area contributed by atoms with Crippen molar-refractivity contribution in [3.63, 3.8) is 0 Å². The van der Waals surface area contributed by atoms with Gasteiger partial charge in [0.1, 0.15) is 0 Å². The number of rotatable bonds is 6. The van der Waals surface area contributed by atoms with E-state index in [1.54, 1.807) is 4.90 Å². The topological polar surface area (TPSA) is 96.1 Å². The Morgan fingerprint density at radius 1 is 1.28 bits per heavy atom. The molecule has 1 amide bonds. The van der Waals surface area contributed by atoms with Gasteiger partial charge in [-0.15, -0.1) is 0 Å². The number of piperidine rings is 1. The summed E-state index contributed by atoms with van der Waals surface area (Å²) in [6, 6.07) is 9.20. The number of nitrogens with zero attached hydrogens (tertiary/aromatic N) is 3. The minimum atomic E-state index is -0.735. The van der Waals surface area contributed by atoms with Crippen molar-refractivity contribution in [2.75, 3.05) is 38.2 Å². The lowest BCUT2D eigenvalue weighted by molar-refractivity contribution is -0.139. The number of amides is 1. The zero-order valence-electron chi connectivity index (χ0n) is 17.0. The van der Waals surface area contributed by atoms with Gasteiger partial charge in [0.2, 0.25) is 5.91 Å². The van der Waals surface area contributed by atoms with Crippen LogP contribution in [0.4, 0.5) is 5.82 Å². The van der Waals surface area contributed by atoms with Gasteiger partial charge in [-0.2, -0.15) is 0 Å². The Balaban J connectivity index is 1.95. The van der Waals surface area contributed by atoms with Crippen molar-refractivity contribution < 1.29 is 24.0 Å². The number of aliphatic hydroxyl groups is 1. The molecule has 0 spiro atoms. The van der Waals surface area contributed by atoms with Crippen molar-refractivity contribution in [2.45, 2.75) is 26.4 Å². The number of benzene rings is 1. The molecule has 2 atom stereocenters. The highest BCUT2D eigenvalue weighted by Gasteiger charge is 2.38. The molecule has 8 nitrogen and oxygen atoms in total. The number of hydrogen-bond donors (Lipinski definition) is 1. The van der Waals surface area contributed by atoms with Crippen LogP contribution in [0.2, 0.25) is 0 Å². The van der Waals surface area contributed by atoms with E-state index in [1.807, 2.05) is 49.1 Å². The molecule has 0 saturated carbocycles. The van der Waals surface area contributed by atoms with Crippen LogP contribution in [-0.4, -0.2) is 66.4 Å². The fraction of sp³-hybridized carbons (Fsp3) is 0.476. The standard InChI is InChI=1S/C21H27N3O5/c1-4-23(5-2)20(26)15-13-24(12-11-16(15)25)19-17(21(27)28-3)18(29-22-19)14-9-7-6-8-10-14/h6-10,15-16,25H,4-5,11-13H2,1-3H3/t15-,16+/m0/s1. The van der Waals surface area contributed by atoms with Gasteiger partial charge in [0.05, 0.1) is 19.1 Å². The molecule has 1 aromatic carbocycles. The summed E-state index contributed by atoms with van der Waals surface area (Å²) in [7, 11) is 1.31. The maximum atomic E-state index is 12.9. The molecule has 0 unspecified atom stereocenters. The van der Waals surface area contributed by atoms with E-state index in [0.717, 1.165) is 0 Å². The summed E-state index contributed by atoms with van der Waals surface area (Å²) >= 11 is 0. The van der Waals surface area contributed by atoms with E-state index >= 15 is 0 Å². The molecule has 3 rings (SSSR count). The van der Waals surface area contributed by atoms with E-state index in [0.29, 0.717) is 43.2 Å². The smallest absolute Gasteiger partial charge is 0.345 e. The van der Waals surface area contributed by atoms with Crippen LogP contribution in [0.5, 0.6) is 0 Å². The average molecular weight is 401 g/mol. The van der Waals surface area contributed by atoms with Gasteiger partial charge in [-0.3, -0.25) is 4.79 Å². The summed E-state index contributed by atoms with van der Waals surface area (Å²) in [6.45, 7) is 5.68. The first kappa shape index (κ1) is 20.9. The lowest BCUT2D eigenvalue weighted by Crippen LogP contribution is -2.51. The predicted octanol–water partition coefficient (Wildman–Crippen LogP) is 2.18. The summed E-state index contributed by atoms with van der Waals surface area (Å²) in [5, 5.41) is 14.6. The zero-order valence-corrected chi connectivity index (χ0v) is 17.0. The number of esters is 1. The second-order valence-electron chi connectivity index (χ2n) is 6.99. The summed E-state index contributed by atoms with van der Waals surface area (Å²) in [5.41, 5.74) is 0.934. The Morgan fingerprint density at radius 3 is 2.59 bits per heavy atom. The van der Waals surface area contributed by atoms with Gasteiger partial charge >= 0.3 is 5.97 Å². The maximum absolute atomic E-state index is 12.9. The second-order valence-corrected chi connectivity index (χ2v) is 6.99. The first-order chi connectivity index (χ1) is 14.0. The fourth-order valence-corrected chi connectivity index (χ4v) is 3.71. The van der Waals surface area contributed by atoms with Crippen LogP contribution in [0.3, 0.4) is 0 Å². The molecule has 2 heterocycles. The van der Waals surface area contributed by atoms with Crippen LogP contribution in [0.15, 0.2) is 34.9 Å². The van der Waals surface area contributed by atoms with Gasteiger partial charge in [0, 0.05) is 31.7 Å². The molecule has 156 valence electrons. The number of methoxy groups -OCH3 is 1. The first-order valence-electron chi connectivity index (χ1n) is 9.86. The average Bonchev–Trinajstić information content (AvgIpc) is 3.20. The van der Waals surface area contributed by atoms with E-state index in [1.165, 1.54) is 7.11 Å². The molecular formula is C21H27N3O5. The van der Waals surface area contributed by atoms with Crippen LogP contribution in [0.25, 0.3) is 11.3 Å². The van der Waals surface area contributed by atoms with Crippen molar-refractivity contribution in [1.82, 2.24) is 10.1 Å². The summed E-state index contributed by atoms with van der Waals surface area (Å²) in [6.07, 6.45) is -0.340. The molecule has 8 heteroatoms. The molecule has 0 bridgehead atoms. The summed E-state index contributed by atoms with van der Waals surface area (Å²) in [5.74, 6) is -0.590. The molecule has 1 saturated heterocycles. The Hall–Kier alpha value is -2.87. The summed E-state index contributed by atoms with van der Waals surface area (Å²) in [4.78, 5) is 28.9. The molecule has 1 aliphatic rings. The number of carbonyl (C=O) groups is 2. The molecule has 1 N–H and O–H groups in total. The van der Waals surface area contributed by atoms with Gasteiger partial charge in [-0.25, -0.2) is 4.79 Å². The van der Waals surface area contributed by atoms with Crippen LogP contribution >= 0.6 is 0 Å². The third kappa shape index (κ3) is 4.12. The minimum absolute atomic E-state index is 0.0985. The van der Waals surface area contributed by atoms with Crippen LogP contribution in [0.1, 0.15) is 30.6 Å². The number of aliphatic hydroxyl groups excluding tert-OH is 1. The highest BCUT2D eigenvalue weighted by atomic mass is 16.5. The van der Waals surface area contributed by atoms with E-state index in [9.17, 15) is 14.7 Å². The summed E-state index contributed by atoms with van der Waals surface area (Å²) < 4.78 is 10.5. The lowest BCUT2D eigenvalue weighted by atomic mass is 9.92. The van der Waals surface area contributed by atoms with E-state index in [2.05, 4.69) is 5.16 Å². The Bertz CT molecular complexity index is 847. The highest BCUT2D eigenvalue weighted by Crippen LogP contribution is 2.34. The van der Waals surface area contributed by atoms with Gasteiger partial charge in [0.25, 0.3) is 0 Å². The monoisotopic (exact) mass is 401 g/mol. The highest BCUT2D eigenvalue weighted by molar-refractivity contribution is 6.00. The van der Waals surface area contributed by atoms with Gasteiger partial charge in [-0.05, 0) is 20.3 Å². The van der Waals surface area contributed by atoms with Crippen molar-refractivity contribution in [1.29, 1.82) is 0 Å². The molecule has 0 aliphatic carbocycles. The van der Waals surface area contributed by atoms with Gasteiger partial charge < -0.3 is 24.2 Å². The van der Waals surface area contributed by atoms with Crippen LogP contribution in [0, 0.1) is 5.92 Å². The van der Waals surface area contributed by atoms with Gasteiger partial charge in [-0.1, -0.05) is 35.5 Å². The van der Waals surface area contributed by atoms with Crippen LogP contribution in [-0.2, 0) is 9.53 Å². The molecule has 1 aliphatic heterocycles. The Morgan fingerprint density at radius 2 is 1.97 bits per heavy atom. The van der Waals surface area contributed by atoms with Crippen molar-refractivity contribution in [3.05, 3.63) is 35.9 Å².